The maximum absolute atomic E-state index is 11.7. The van der Waals surface area contributed by atoms with Gasteiger partial charge in [0.15, 0.2) is 0 Å². The van der Waals surface area contributed by atoms with Gasteiger partial charge in [0.05, 0.1) is 0 Å². The van der Waals surface area contributed by atoms with Gasteiger partial charge in [-0.1, -0.05) is 77.0 Å². The molecule has 7 heteroatoms. The molecule has 30 heavy (non-hydrogen) atoms. The van der Waals surface area contributed by atoms with Crippen molar-refractivity contribution in [3.63, 3.8) is 0 Å². The summed E-state index contributed by atoms with van der Waals surface area (Å²) in [6.45, 7) is 0.190. The number of carbonyl (C=O) groups excluding carboxylic acids is 2. The standard InChI is InChI=1S/C23H40NO6/c25-19-20(23(29)30)17-18-24-21(26)15-13-11-9-7-5-3-1-2-4-6-8-10-12-14-16-22(27)28/h20H,1-18H2,(H,24,26)(H,27,28)(H,29,30). The molecule has 0 aliphatic rings. The average Bonchev–Trinajstić information content (AvgIpc) is 2.70. The van der Waals surface area contributed by atoms with E-state index in [0.717, 1.165) is 38.5 Å². The Balaban J connectivity index is 3.27. The molecule has 0 aromatic carbocycles. The van der Waals surface area contributed by atoms with Crippen LogP contribution < -0.4 is 5.32 Å². The molecule has 1 unspecified atom stereocenters. The molecule has 0 rings (SSSR count). The number of aliphatic carboxylic acids is 2. The van der Waals surface area contributed by atoms with Crippen molar-refractivity contribution in [1.29, 1.82) is 0 Å². The quantitative estimate of drug-likeness (QED) is 0.171. The van der Waals surface area contributed by atoms with E-state index in [1.54, 1.807) is 0 Å². The van der Waals surface area contributed by atoms with Crippen LogP contribution in [0.5, 0.6) is 0 Å². The molecule has 0 aromatic rings. The predicted molar refractivity (Wildman–Crippen MR) is 116 cm³/mol. The Morgan fingerprint density at radius 1 is 0.667 bits per heavy atom. The lowest BCUT2D eigenvalue weighted by molar-refractivity contribution is -0.140. The molecule has 0 aliphatic carbocycles. The van der Waals surface area contributed by atoms with Crippen molar-refractivity contribution >= 4 is 24.1 Å². The summed E-state index contributed by atoms with van der Waals surface area (Å²) in [6, 6.07) is 0. The molecule has 3 N–H and O–H groups in total. The molecule has 0 fully saturated rings. The summed E-state index contributed by atoms with van der Waals surface area (Å²) >= 11 is 0. The van der Waals surface area contributed by atoms with Crippen LogP contribution in [0.3, 0.4) is 0 Å². The van der Waals surface area contributed by atoms with E-state index < -0.39 is 17.9 Å². The van der Waals surface area contributed by atoms with E-state index in [0.29, 0.717) is 12.8 Å². The number of amides is 1. The minimum absolute atomic E-state index is 0.0807. The summed E-state index contributed by atoms with van der Waals surface area (Å²) in [5, 5.41) is 19.9. The molecule has 0 aromatic heterocycles. The van der Waals surface area contributed by atoms with Crippen LogP contribution in [0.15, 0.2) is 0 Å². The molecule has 0 aliphatic heterocycles. The Kier molecular flexibility index (Phi) is 19.1. The first-order chi connectivity index (χ1) is 14.5. The van der Waals surface area contributed by atoms with Crippen LogP contribution in [-0.4, -0.2) is 40.9 Å². The Labute approximate surface area is 181 Å². The van der Waals surface area contributed by atoms with Gasteiger partial charge >= 0.3 is 11.9 Å². The van der Waals surface area contributed by atoms with Crippen molar-refractivity contribution < 1.29 is 29.4 Å². The Bertz CT molecular complexity index is 480. The van der Waals surface area contributed by atoms with Gasteiger partial charge in [-0.05, 0) is 19.3 Å². The fourth-order valence-electron chi connectivity index (χ4n) is 3.36. The van der Waals surface area contributed by atoms with Gasteiger partial charge in [-0.15, -0.1) is 0 Å². The number of rotatable bonds is 22. The fourth-order valence-corrected chi connectivity index (χ4v) is 3.36. The third-order valence-electron chi connectivity index (χ3n) is 5.24. The highest BCUT2D eigenvalue weighted by Gasteiger charge is 2.16. The van der Waals surface area contributed by atoms with Crippen LogP contribution in [0.4, 0.5) is 0 Å². The van der Waals surface area contributed by atoms with Crippen molar-refractivity contribution in [2.45, 2.75) is 109 Å². The molecule has 7 nitrogen and oxygen atoms in total. The Hall–Kier alpha value is -1.92. The third-order valence-corrected chi connectivity index (χ3v) is 5.24. The third kappa shape index (κ3) is 19.4. The van der Waals surface area contributed by atoms with E-state index >= 15 is 0 Å². The van der Waals surface area contributed by atoms with Gasteiger partial charge in [0.1, 0.15) is 5.92 Å². The van der Waals surface area contributed by atoms with Crippen LogP contribution in [0.1, 0.15) is 109 Å². The van der Waals surface area contributed by atoms with Gasteiger partial charge in [0.25, 0.3) is 0 Å². The molecule has 0 spiro atoms. The molecule has 1 radical (unpaired) electrons. The van der Waals surface area contributed by atoms with Crippen LogP contribution >= 0.6 is 0 Å². The minimum Gasteiger partial charge on any atom is -0.481 e. The van der Waals surface area contributed by atoms with Crippen molar-refractivity contribution in [2.75, 3.05) is 6.54 Å². The van der Waals surface area contributed by atoms with E-state index in [1.807, 2.05) is 0 Å². The minimum atomic E-state index is -1.20. The van der Waals surface area contributed by atoms with Crippen LogP contribution in [0.2, 0.25) is 0 Å². The first-order valence-corrected chi connectivity index (χ1v) is 11.6. The molecule has 173 valence electrons. The summed E-state index contributed by atoms with van der Waals surface area (Å²) in [7, 11) is 0. The van der Waals surface area contributed by atoms with Gasteiger partial charge in [-0.25, -0.2) is 0 Å². The number of hydrogen-bond donors (Lipinski definition) is 3. The SMILES string of the molecule is O=[C]C(CCNC(=O)CCCCCCCCCCCCCCCCC(=O)O)C(=O)O. The highest BCUT2D eigenvalue weighted by molar-refractivity contribution is 5.86. The summed E-state index contributed by atoms with van der Waals surface area (Å²) in [5.41, 5.74) is 0. The van der Waals surface area contributed by atoms with Crippen molar-refractivity contribution in [3.8, 4) is 0 Å². The molecule has 0 heterocycles. The zero-order valence-electron chi connectivity index (χ0n) is 18.3. The second-order valence-corrected chi connectivity index (χ2v) is 7.99. The first kappa shape index (κ1) is 28.1. The summed E-state index contributed by atoms with van der Waals surface area (Å²) < 4.78 is 0. The summed E-state index contributed by atoms with van der Waals surface area (Å²) in [5.74, 6) is -3.16. The number of unbranched alkanes of at least 4 members (excludes halogenated alkanes) is 13. The van der Waals surface area contributed by atoms with Gasteiger partial charge in [-0.2, -0.15) is 0 Å². The smallest absolute Gasteiger partial charge is 0.314 e. The Morgan fingerprint density at radius 2 is 1.07 bits per heavy atom. The average molecular weight is 427 g/mol. The van der Waals surface area contributed by atoms with Crippen LogP contribution in [0.25, 0.3) is 0 Å². The maximum Gasteiger partial charge on any atom is 0.314 e. The number of hydrogen-bond acceptors (Lipinski definition) is 4. The zero-order chi connectivity index (χ0) is 22.5. The number of carboxylic acids is 2. The van der Waals surface area contributed by atoms with Gasteiger partial charge in [-0.3, -0.25) is 19.2 Å². The maximum atomic E-state index is 11.7. The number of carbonyl (C=O) groups is 3. The number of carboxylic acid groups (broad SMARTS) is 2. The topological polar surface area (TPSA) is 121 Å². The second-order valence-electron chi connectivity index (χ2n) is 7.99. The monoisotopic (exact) mass is 426 g/mol. The largest absolute Gasteiger partial charge is 0.481 e. The van der Waals surface area contributed by atoms with Gasteiger partial charge < -0.3 is 15.5 Å². The molecular weight excluding hydrogens is 386 g/mol. The Morgan fingerprint density at radius 3 is 1.43 bits per heavy atom. The molecule has 1 amide bonds. The molecule has 1 atom stereocenters. The van der Waals surface area contributed by atoms with Crippen molar-refractivity contribution in [2.24, 2.45) is 5.92 Å². The lowest BCUT2D eigenvalue weighted by Gasteiger charge is -2.07. The number of nitrogens with one attached hydrogen (secondary N) is 1. The van der Waals surface area contributed by atoms with E-state index in [2.05, 4.69) is 5.32 Å². The van der Waals surface area contributed by atoms with E-state index in [4.69, 9.17) is 10.2 Å². The summed E-state index contributed by atoms with van der Waals surface area (Å²) in [4.78, 5) is 43.2. The summed E-state index contributed by atoms with van der Waals surface area (Å²) in [6.07, 6.45) is 18.2. The van der Waals surface area contributed by atoms with Crippen molar-refractivity contribution in [3.05, 3.63) is 0 Å². The van der Waals surface area contributed by atoms with E-state index in [-0.39, 0.29) is 18.9 Å². The predicted octanol–water partition coefficient (Wildman–Crippen LogP) is 4.63. The van der Waals surface area contributed by atoms with Gasteiger partial charge in [0, 0.05) is 19.4 Å². The lowest BCUT2D eigenvalue weighted by Crippen LogP contribution is -2.28. The van der Waals surface area contributed by atoms with Crippen LogP contribution in [0, 0.1) is 5.92 Å². The highest BCUT2D eigenvalue weighted by atomic mass is 16.4. The first-order valence-electron chi connectivity index (χ1n) is 11.6. The second kappa shape index (κ2) is 20.4. The van der Waals surface area contributed by atoms with E-state index in [1.165, 1.54) is 57.7 Å². The van der Waals surface area contributed by atoms with Gasteiger partial charge in [0.2, 0.25) is 12.2 Å². The fraction of sp³-hybridized carbons (Fsp3) is 0.826. The molecular formula is C23H40NO6. The molecule has 0 bridgehead atoms. The highest BCUT2D eigenvalue weighted by Crippen LogP contribution is 2.13. The lowest BCUT2D eigenvalue weighted by atomic mass is 10.0. The van der Waals surface area contributed by atoms with E-state index in [9.17, 15) is 19.2 Å². The molecule has 0 saturated carbocycles. The van der Waals surface area contributed by atoms with Crippen molar-refractivity contribution in [1.82, 2.24) is 5.32 Å². The van der Waals surface area contributed by atoms with Crippen LogP contribution in [-0.2, 0) is 19.2 Å². The zero-order valence-corrected chi connectivity index (χ0v) is 18.3. The molecule has 0 saturated heterocycles. The normalized spacial score (nSPS) is 11.7.